The maximum atomic E-state index is 12.7. The van der Waals surface area contributed by atoms with Crippen LogP contribution in [0.3, 0.4) is 0 Å². The second-order valence-corrected chi connectivity index (χ2v) is 8.14. The van der Waals surface area contributed by atoms with Gasteiger partial charge in [-0.05, 0) is 55.2 Å². The quantitative estimate of drug-likeness (QED) is 0.508. The molecule has 0 spiro atoms. The molecule has 0 atom stereocenters. The second-order valence-electron chi connectivity index (χ2n) is 8.14. The van der Waals surface area contributed by atoms with Crippen LogP contribution in [0.25, 0.3) is 10.9 Å². The van der Waals surface area contributed by atoms with Crippen LogP contribution in [0.15, 0.2) is 42.5 Å². The van der Waals surface area contributed by atoms with E-state index in [-0.39, 0.29) is 23.9 Å². The van der Waals surface area contributed by atoms with Gasteiger partial charge in [-0.1, -0.05) is 18.9 Å². The summed E-state index contributed by atoms with van der Waals surface area (Å²) in [6.45, 7) is 0.440. The molecule has 3 aromatic rings. The molecule has 0 radical (unpaired) electrons. The largest absolute Gasteiger partial charge is 0.497 e. The molecular formula is C24H26N4O5. The fourth-order valence-electron chi connectivity index (χ4n) is 4.08. The Hall–Kier alpha value is -3.88. The Morgan fingerprint density at radius 3 is 2.64 bits per heavy atom. The van der Waals surface area contributed by atoms with E-state index in [0.29, 0.717) is 34.7 Å². The van der Waals surface area contributed by atoms with Crippen molar-refractivity contribution in [1.82, 2.24) is 15.1 Å². The first-order valence-corrected chi connectivity index (χ1v) is 10.9. The van der Waals surface area contributed by atoms with Crippen LogP contribution in [-0.4, -0.2) is 41.2 Å². The number of rotatable bonds is 8. The lowest BCUT2D eigenvalue weighted by molar-refractivity contribution is -0.118. The third-order valence-corrected chi connectivity index (χ3v) is 5.81. The van der Waals surface area contributed by atoms with Crippen LogP contribution in [0.2, 0.25) is 0 Å². The highest BCUT2D eigenvalue weighted by atomic mass is 16.5. The number of nitrogens with one attached hydrogen (secondary N) is 1. The molecule has 0 aliphatic heterocycles. The van der Waals surface area contributed by atoms with Gasteiger partial charge in [-0.15, -0.1) is 5.10 Å². The van der Waals surface area contributed by atoms with E-state index in [1.54, 1.807) is 42.5 Å². The van der Waals surface area contributed by atoms with Gasteiger partial charge in [0.2, 0.25) is 11.8 Å². The fourth-order valence-corrected chi connectivity index (χ4v) is 4.08. The normalized spacial score (nSPS) is 13.7. The summed E-state index contributed by atoms with van der Waals surface area (Å²) in [5, 5.41) is 7.67. The number of amides is 2. The standard InChI is InChI=1S/C24H26N4O5/c1-32-18-8-4-7-17(11-18)24(31)33-23-19-12-16(22(30)26-13-15-5-2-3-6-15)9-10-20(19)28(27-23)14-21(25)29/h4,7-12,15H,2-3,5-6,13-14H2,1H3,(H2,25,29)(H,26,30). The number of benzene rings is 2. The molecule has 0 bridgehead atoms. The van der Waals surface area contributed by atoms with E-state index in [1.165, 1.54) is 24.6 Å². The molecule has 33 heavy (non-hydrogen) atoms. The van der Waals surface area contributed by atoms with Gasteiger partial charge in [0.1, 0.15) is 12.3 Å². The molecule has 3 N–H and O–H groups in total. The molecule has 1 saturated carbocycles. The van der Waals surface area contributed by atoms with Gasteiger partial charge in [0, 0.05) is 12.1 Å². The molecular weight excluding hydrogens is 424 g/mol. The molecule has 2 amide bonds. The summed E-state index contributed by atoms with van der Waals surface area (Å²) in [5.74, 6) is -0.440. The van der Waals surface area contributed by atoms with Crippen LogP contribution in [-0.2, 0) is 11.3 Å². The topological polar surface area (TPSA) is 126 Å². The number of fused-ring (bicyclic) bond motifs is 1. The highest BCUT2D eigenvalue weighted by Crippen LogP contribution is 2.28. The molecule has 4 rings (SSSR count). The average molecular weight is 450 g/mol. The summed E-state index contributed by atoms with van der Waals surface area (Å²) in [5.41, 5.74) is 6.55. The van der Waals surface area contributed by atoms with E-state index < -0.39 is 11.9 Å². The van der Waals surface area contributed by atoms with Crippen LogP contribution in [0.5, 0.6) is 11.6 Å². The van der Waals surface area contributed by atoms with Crippen molar-refractivity contribution < 1.29 is 23.9 Å². The lowest BCUT2D eigenvalue weighted by atomic mass is 10.1. The molecule has 1 aliphatic carbocycles. The number of ether oxygens (including phenoxy) is 2. The SMILES string of the molecule is COc1cccc(C(=O)Oc2nn(CC(N)=O)c3ccc(C(=O)NCC4CCCC4)cc23)c1. The molecule has 1 aliphatic rings. The summed E-state index contributed by atoms with van der Waals surface area (Å²) >= 11 is 0. The lowest BCUT2D eigenvalue weighted by Gasteiger charge is -2.10. The van der Waals surface area contributed by atoms with Gasteiger partial charge in [-0.2, -0.15) is 0 Å². The number of carbonyl (C=O) groups is 3. The third-order valence-electron chi connectivity index (χ3n) is 5.81. The first-order chi connectivity index (χ1) is 15.9. The lowest BCUT2D eigenvalue weighted by Crippen LogP contribution is -2.28. The molecule has 2 aromatic carbocycles. The van der Waals surface area contributed by atoms with Gasteiger partial charge >= 0.3 is 5.97 Å². The zero-order valence-electron chi connectivity index (χ0n) is 18.4. The summed E-state index contributed by atoms with van der Waals surface area (Å²) < 4.78 is 12.0. The van der Waals surface area contributed by atoms with Gasteiger partial charge in [-0.3, -0.25) is 14.3 Å². The number of methoxy groups -OCH3 is 1. The maximum Gasteiger partial charge on any atom is 0.345 e. The highest BCUT2D eigenvalue weighted by Gasteiger charge is 2.20. The first kappa shape index (κ1) is 22.3. The monoisotopic (exact) mass is 450 g/mol. The van der Waals surface area contributed by atoms with Crippen LogP contribution in [0.4, 0.5) is 0 Å². The highest BCUT2D eigenvalue weighted by molar-refractivity contribution is 6.00. The van der Waals surface area contributed by atoms with Crippen molar-refractivity contribution in [3.8, 4) is 11.6 Å². The van der Waals surface area contributed by atoms with Crippen LogP contribution >= 0.6 is 0 Å². The zero-order chi connectivity index (χ0) is 23.4. The van der Waals surface area contributed by atoms with Gasteiger partial charge < -0.3 is 20.5 Å². The Bertz CT molecular complexity index is 1200. The van der Waals surface area contributed by atoms with E-state index in [2.05, 4.69) is 10.4 Å². The van der Waals surface area contributed by atoms with Crippen molar-refractivity contribution in [3.05, 3.63) is 53.6 Å². The summed E-state index contributed by atoms with van der Waals surface area (Å²) in [4.78, 5) is 36.9. The Labute approximate surface area is 190 Å². The number of primary amides is 1. The van der Waals surface area contributed by atoms with Crippen molar-refractivity contribution in [2.24, 2.45) is 11.7 Å². The fraction of sp³-hybridized carbons (Fsp3) is 0.333. The molecule has 9 heteroatoms. The number of carbonyl (C=O) groups excluding carboxylic acids is 3. The maximum absolute atomic E-state index is 12.7. The molecule has 172 valence electrons. The molecule has 0 saturated heterocycles. The van der Waals surface area contributed by atoms with E-state index in [4.69, 9.17) is 15.2 Å². The zero-order valence-corrected chi connectivity index (χ0v) is 18.4. The number of nitrogens with zero attached hydrogens (tertiary/aromatic N) is 2. The second kappa shape index (κ2) is 9.72. The van der Waals surface area contributed by atoms with Crippen LogP contribution in [0, 0.1) is 5.92 Å². The molecule has 1 heterocycles. The number of hydrogen-bond acceptors (Lipinski definition) is 6. The van der Waals surface area contributed by atoms with E-state index in [1.807, 2.05) is 0 Å². The van der Waals surface area contributed by atoms with Crippen molar-refractivity contribution in [1.29, 1.82) is 0 Å². The van der Waals surface area contributed by atoms with E-state index >= 15 is 0 Å². The predicted molar refractivity (Wildman–Crippen MR) is 121 cm³/mol. The van der Waals surface area contributed by atoms with Crippen molar-refractivity contribution in [2.75, 3.05) is 13.7 Å². The molecule has 1 aromatic heterocycles. The third kappa shape index (κ3) is 5.14. The summed E-state index contributed by atoms with van der Waals surface area (Å²) in [6.07, 6.45) is 4.66. The minimum absolute atomic E-state index is 0.00971. The molecule has 9 nitrogen and oxygen atoms in total. The van der Waals surface area contributed by atoms with Crippen LogP contribution in [0.1, 0.15) is 46.4 Å². The minimum atomic E-state index is -0.643. The van der Waals surface area contributed by atoms with Gasteiger partial charge in [0.25, 0.3) is 5.91 Å². The number of aromatic nitrogens is 2. The summed E-state index contributed by atoms with van der Waals surface area (Å²) in [7, 11) is 1.50. The first-order valence-electron chi connectivity index (χ1n) is 10.9. The number of nitrogens with two attached hydrogens (primary N) is 1. The van der Waals surface area contributed by atoms with Gasteiger partial charge in [-0.25, -0.2) is 4.79 Å². The number of esters is 1. The van der Waals surface area contributed by atoms with Crippen molar-refractivity contribution in [2.45, 2.75) is 32.2 Å². The van der Waals surface area contributed by atoms with E-state index in [9.17, 15) is 14.4 Å². The van der Waals surface area contributed by atoms with Gasteiger partial charge in [0.15, 0.2) is 0 Å². The average Bonchev–Trinajstić information content (AvgIpc) is 3.45. The van der Waals surface area contributed by atoms with Crippen molar-refractivity contribution in [3.63, 3.8) is 0 Å². The minimum Gasteiger partial charge on any atom is -0.497 e. The Morgan fingerprint density at radius 1 is 1.12 bits per heavy atom. The summed E-state index contributed by atoms with van der Waals surface area (Å²) in [6, 6.07) is 11.5. The number of hydrogen-bond donors (Lipinski definition) is 2. The smallest absolute Gasteiger partial charge is 0.345 e. The van der Waals surface area contributed by atoms with Crippen LogP contribution < -0.4 is 20.5 Å². The Balaban J connectivity index is 1.62. The predicted octanol–water partition coefficient (Wildman–Crippen LogP) is 2.67. The molecule has 1 fully saturated rings. The Morgan fingerprint density at radius 2 is 1.91 bits per heavy atom. The van der Waals surface area contributed by atoms with Gasteiger partial charge in [0.05, 0.1) is 23.6 Å². The van der Waals surface area contributed by atoms with E-state index in [0.717, 1.165) is 12.8 Å². The van der Waals surface area contributed by atoms with Crippen molar-refractivity contribution >= 4 is 28.7 Å². The molecule has 0 unspecified atom stereocenters. The Kier molecular flexibility index (Phi) is 6.58.